The minimum absolute atomic E-state index is 0.400. The summed E-state index contributed by atoms with van der Waals surface area (Å²) < 4.78 is 0. The standard InChI is InChI=1S/C7H11ClN2O.C7H11ClN2/c1-4-5(8)6(10-9-4)7(2,3)11;1-4(2)7-6(8)5(3)9-10-7/h11H,1-3H3,(H,9,10);4H,1-3H3,(H,9,10). The largest absolute Gasteiger partial charge is 0.384 e. The lowest BCUT2D eigenvalue weighted by Gasteiger charge is -2.13. The molecule has 0 fully saturated rings. The van der Waals surface area contributed by atoms with Crippen molar-refractivity contribution < 1.29 is 5.11 Å². The molecule has 7 heteroatoms. The van der Waals surface area contributed by atoms with Gasteiger partial charge in [0, 0.05) is 0 Å². The van der Waals surface area contributed by atoms with Gasteiger partial charge in [-0.1, -0.05) is 37.0 Å². The normalized spacial score (nSPS) is 11.5. The number of hydrogen-bond donors (Lipinski definition) is 3. The Hall–Kier alpha value is -1.04. The fraction of sp³-hybridized carbons (Fsp3) is 0.571. The van der Waals surface area contributed by atoms with Crippen molar-refractivity contribution in [1.82, 2.24) is 20.4 Å². The molecule has 0 bridgehead atoms. The summed E-state index contributed by atoms with van der Waals surface area (Å²) in [5.41, 5.74) is 2.21. The van der Waals surface area contributed by atoms with Gasteiger partial charge in [-0.25, -0.2) is 0 Å². The summed E-state index contributed by atoms with van der Waals surface area (Å²) in [5.74, 6) is 0.400. The van der Waals surface area contributed by atoms with Crippen molar-refractivity contribution in [2.24, 2.45) is 0 Å². The first-order valence-corrected chi connectivity index (χ1v) is 7.45. The summed E-state index contributed by atoms with van der Waals surface area (Å²) in [6.45, 7) is 11.2. The molecule has 0 saturated carbocycles. The molecule has 0 aliphatic carbocycles. The van der Waals surface area contributed by atoms with Crippen LogP contribution in [-0.4, -0.2) is 25.5 Å². The van der Waals surface area contributed by atoms with Crippen molar-refractivity contribution >= 4 is 23.2 Å². The number of nitrogens with one attached hydrogen (secondary N) is 2. The van der Waals surface area contributed by atoms with E-state index in [0.717, 1.165) is 22.1 Å². The van der Waals surface area contributed by atoms with Gasteiger partial charge >= 0.3 is 0 Å². The summed E-state index contributed by atoms with van der Waals surface area (Å²) in [4.78, 5) is 0. The van der Waals surface area contributed by atoms with E-state index in [1.165, 1.54) is 0 Å². The van der Waals surface area contributed by atoms with Crippen LogP contribution in [0.5, 0.6) is 0 Å². The smallest absolute Gasteiger partial charge is 0.112 e. The molecule has 118 valence electrons. The van der Waals surface area contributed by atoms with Gasteiger partial charge in [-0.05, 0) is 33.6 Å². The highest BCUT2D eigenvalue weighted by Crippen LogP contribution is 2.27. The van der Waals surface area contributed by atoms with Crippen LogP contribution in [0.3, 0.4) is 0 Å². The number of hydrogen-bond acceptors (Lipinski definition) is 3. The Morgan fingerprint density at radius 1 is 1.00 bits per heavy atom. The number of nitrogens with zero attached hydrogens (tertiary/aromatic N) is 2. The Kier molecular flexibility index (Phi) is 5.84. The third-order valence-electron chi connectivity index (χ3n) is 2.90. The summed E-state index contributed by atoms with van der Waals surface area (Å²) >= 11 is 11.7. The van der Waals surface area contributed by atoms with Crippen LogP contribution in [0.1, 0.15) is 56.4 Å². The van der Waals surface area contributed by atoms with Gasteiger partial charge in [-0.15, -0.1) is 0 Å². The first-order chi connectivity index (χ1) is 9.55. The van der Waals surface area contributed by atoms with Crippen LogP contribution >= 0.6 is 23.2 Å². The molecule has 0 atom stereocenters. The van der Waals surface area contributed by atoms with Crippen molar-refractivity contribution in [3.8, 4) is 0 Å². The van der Waals surface area contributed by atoms with Crippen LogP contribution in [0.25, 0.3) is 0 Å². The maximum Gasteiger partial charge on any atom is 0.112 e. The van der Waals surface area contributed by atoms with Gasteiger partial charge < -0.3 is 5.11 Å². The first-order valence-electron chi connectivity index (χ1n) is 6.69. The van der Waals surface area contributed by atoms with Crippen molar-refractivity contribution in [3.63, 3.8) is 0 Å². The van der Waals surface area contributed by atoms with Crippen LogP contribution < -0.4 is 0 Å². The lowest BCUT2D eigenvalue weighted by atomic mass is 10.1. The Morgan fingerprint density at radius 3 is 1.67 bits per heavy atom. The van der Waals surface area contributed by atoms with Gasteiger partial charge in [-0.2, -0.15) is 10.2 Å². The predicted molar refractivity (Wildman–Crippen MR) is 86.0 cm³/mol. The number of H-pyrrole nitrogens is 2. The zero-order valence-corrected chi connectivity index (χ0v) is 14.7. The van der Waals surface area contributed by atoms with Crippen LogP contribution in [0.2, 0.25) is 10.0 Å². The van der Waals surface area contributed by atoms with E-state index in [1.807, 2.05) is 13.8 Å². The summed E-state index contributed by atoms with van der Waals surface area (Å²) in [7, 11) is 0. The van der Waals surface area contributed by atoms with E-state index in [1.54, 1.807) is 13.8 Å². The van der Waals surface area contributed by atoms with E-state index >= 15 is 0 Å². The van der Waals surface area contributed by atoms with Crippen molar-refractivity contribution in [2.45, 2.75) is 53.1 Å². The molecule has 0 aliphatic heterocycles. The van der Waals surface area contributed by atoms with Crippen LogP contribution in [0.4, 0.5) is 0 Å². The maximum absolute atomic E-state index is 9.52. The number of aryl methyl sites for hydroxylation is 2. The van der Waals surface area contributed by atoms with Gasteiger partial charge in [0.15, 0.2) is 0 Å². The predicted octanol–water partition coefficient (Wildman–Crippen LogP) is 4.09. The average molecular weight is 333 g/mol. The molecule has 0 spiro atoms. The van der Waals surface area contributed by atoms with Crippen molar-refractivity contribution in [2.75, 3.05) is 0 Å². The molecule has 2 aromatic heterocycles. The highest BCUT2D eigenvalue weighted by molar-refractivity contribution is 6.32. The molecule has 0 amide bonds. The molecule has 0 saturated heterocycles. The number of aromatic amines is 2. The van der Waals surface area contributed by atoms with Gasteiger partial charge in [0.1, 0.15) is 11.3 Å². The fourth-order valence-electron chi connectivity index (χ4n) is 1.64. The third kappa shape index (κ3) is 4.46. The van der Waals surface area contributed by atoms with Crippen LogP contribution in [0.15, 0.2) is 0 Å². The number of rotatable bonds is 2. The van der Waals surface area contributed by atoms with Crippen LogP contribution in [0, 0.1) is 13.8 Å². The number of aliphatic hydroxyl groups is 1. The molecular formula is C14H22Cl2N4O. The van der Waals surface area contributed by atoms with E-state index in [0.29, 0.717) is 16.6 Å². The minimum atomic E-state index is -0.970. The minimum Gasteiger partial charge on any atom is -0.384 e. The Labute approximate surface area is 135 Å². The summed E-state index contributed by atoms with van der Waals surface area (Å²) in [6.07, 6.45) is 0. The van der Waals surface area contributed by atoms with Gasteiger partial charge in [0.2, 0.25) is 0 Å². The lowest BCUT2D eigenvalue weighted by Crippen LogP contribution is -2.16. The molecule has 2 heterocycles. The highest BCUT2D eigenvalue weighted by atomic mass is 35.5. The van der Waals surface area contributed by atoms with Crippen molar-refractivity contribution in [1.29, 1.82) is 0 Å². The second-order valence-corrected chi connectivity index (χ2v) is 6.53. The molecule has 0 aliphatic rings. The zero-order valence-electron chi connectivity index (χ0n) is 13.2. The van der Waals surface area contributed by atoms with Crippen LogP contribution in [-0.2, 0) is 5.60 Å². The first kappa shape index (κ1) is 18.0. The molecule has 5 nitrogen and oxygen atoms in total. The highest BCUT2D eigenvalue weighted by Gasteiger charge is 2.23. The number of halogens is 2. The Morgan fingerprint density at radius 2 is 1.48 bits per heavy atom. The van der Waals surface area contributed by atoms with Crippen molar-refractivity contribution in [3.05, 3.63) is 32.8 Å². The summed E-state index contributed by atoms with van der Waals surface area (Å²) in [6, 6.07) is 0. The molecule has 21 heavy (non-hydrogen) atoms. The number of aromatic nitrogens is 4. The van der Waals surface area contributed by atoms with Gasteiger partial charge in [0.25, 0.3) is 0 Å². The molecule has 0 aromatic carbocycles. The van der Waals surface area contributed by atoms with Gasteiger partial charge in [0.05, 0.1) is 27.1 Å². The van der Waals surface area contributed by atoms with E-state index < -0.39 is 5.60 Å². The Balaban J connectivity index is 0.000000211. The molecule has 2 rings (SSSR count). The SMILES string of the molecule is Cc1[nH]nc(C(C)(C)O)c1Cl.Cc1[nH]nc(C(C)C)c1Cl. The zero-order chi connectivity index (χ0) is 16.4. The molecule has 2 aromatic rings. The average Bonchev–Trinajstić information content (AvgIpc) is 2.85. The quantitative estimate of drug-likeness (QED) is 0.774. The monoisotopic (exact) mass is 332 g/mol. The third-order valence-corrected chi connectivity index (χ3v) is 3.84. The topological polar surface area (TPSA) is 77.6 Å². The molecule has 0 radical (unpaired) electrons. The molecular weight excluding hydrogens is 311 g/mol. The second kappa shape index (κ2) is 6.81. The summed E-state index contributed by atoms with van der Waals surface area (Å²) in [5, 5.41) is 24.3. The fourth-order valence-corrected chi connectivity index (χ4v) is 2.26. The van der Waals surface area contributed by atoms with Gasteiger partial charge in [-0.3, -0.25) is 10.2 Å². The van der Waals surface area contributed by atoms with E-state index in [9.17, 15) is 5.11 Å². The van der Waals surface area contributed by atoms with E-state index in [-0.39, 0.29) is 0 Å². The molecule has 0 unspecified atom stereocenters. The molecule has 3 N–H and O–H groups in total. The second-order valence-electron chi connectivity index (χ2n) is 5.77. The van der Waals surface area contributed by atoms with E-state index in [2.05, 4.69) is 34.2 Å². The van der Waals surface area contributed by atoms with E-state index in [4.69, 9.17) is 23.2 Å². The Bertz CT molecular complexity index is 597. The lowest BCUT2D eigenvalue weighted by molar-refractivity contribution is 0.0739. The maximum atomic E-state index is 9.52.